The first-order valence-corrected chi connectivity index (χ1v) is 7.03. The Morgan fingerprint density at radius 3 is 2.35 bits per heavy atom. The van der Waals surface area contributed by atoms with E-state index in [0.29, 0.717) is 32.6 Å². The number of hydrogen-bond acceptors (Lipinski definition) is 4. The summed E-state index contributed by atoms with van der Waals surface area (Å²) in [5, 5.41) is 5.81. The summed E-state index contributed by atoms with van der Waals surface area (Å²) in [6.07, 6.45) is 1.19. The molecule has 112 valence electrons. The van der Waals surface area contributed by atoms with Crippen molar-refractivity contribution in [2.45, 2.75) is 19.8 Å². The van der Waals surface area contributed by atoms with E-state index in [-0.39, 0.29) is 5.91 Å². The van der Waals surface area contributed by atoms with Gasteiger partial charge in [-0.2, -0.15) is 0 Å². The molecule has 20 heavy (non-hydrogen) atoms. The maximum atomic E-state index is 11.4. The number of benzene rings is 1. The lowest BCUT2D eigenvalue weighted by Crippen LogP contribution is -2.30. The number of carbonyl (C=O) groups is 1. The fourth-order valence-corrected chi connectivity index (χ4v) is 1.64. The third kappa shape index (κ3) is 6.99. The number of nitrogens with one attached hydrogen (secondary N) is 2. The van der Waals surface area contributed by atoms with Gasteiger partial charge in [-0.1, -0.05) is 0 Å². The number of likely N-dealkylation sites (N-methyl/N-ethyl adjacent to an activating group) is 1. The molecule has 0 radical (unpaired) electrons. The summed E-state index contributed by atoms with van der Waals surface area (Å²) >= 11 is 0. The first kappa shape index (κ1) is 16.3. The predicted molar refractivity (Wildman–Crippen MR) is 79.3 cm³/mol. The van der Waals surface area contributed by atoms with Crippen LogP contribution in [0.3, 0.4) is 0 Å². The van der Waals surface area contributed by atoms with Crippen LogP contribution >= 0.6 is 0 Å². The van der Waals surface area contributed by atoms with Crippen LogP contribution in [0.2, 0.25) is 0 Å². The highest BCUT2D eigenvalue weighted by molar-refractivity contribution is 5.75. The summed E-state index contributed by atoms with van der Waals surface area (Å²) in [6, 6.07) is 7.50. The topological polar surface area (TPSA) is 59.6 Å². The van der Waals surface area contributed by atoms with Crippen LogP contribution in [0.25, 0.3) is 0 Å². The molecule has 0 heterocycles. The molecular formula is C15H24N2O3. The summed E-state index contributed by atoms with van der Waals surface area (Å²) < 4.78 is 10.9. The molecule has 5 heteroatoms. The van der Waals surface area contributed by atoms with Crippen LogP contribution in [0.15, 0.2) is 24.3 Å². The first-order valence-electron chi connectivity index (χ1n) is 7.03. The number of amides is 1. The highest BCUT2D eigenvalue weighted by Gasteiger charge is 2.01. The van der Waals surface area contributed by atoms with Gasteiger partial charge in [0.25, 0.3) is 0 Å². The Morgan fingerprint density at radius 1 is 1.10 bits per heavy atom. The molecule has 0 saturated carbocycles. The molecule has 1 aromatic carbocycles. The Bertz CT molecular complexity index is 379. The van der Waals surface area contributed by atoms with Crippen molar-refractivity contribution in [1.82, 2.24) is 10.6 Å². The lowest BCUT2D eigenvalue weighted by Gasteiger charge is -2.08. The lowest BCUT2D eigenvalue weighted by atomic mass is 10.3. The van der Waals surface area contributed by atoms with Gasteiger partial charge in [0.05, 0.1) is 13.2 Å². The molecule has 0 atom stereocenters. The standard InChI is InChI=1S/C15H24N2O3/c1-3-19-13-6-8-14(9-7-13)20-12-4-5-15(18)17-11-10-16-2/h6-9,16H,3-5,10-12H2,1-2H3,(H,17,18). The van der Waals surface area contributed by atoms with Crippen LogP contribution in [0.4, 0.5) is 0 Å². The largest absolute Gasteiger partial charge is 0.494 e. The van der Waals surface area contributed by atoms with Crippen molar-refractivity contribution < 1.29 is 14.3 Å². The van der Waals surface area contributed by atoms with E-state index in [1.165, 1.54) is 0 Å². The van der Waals surface area contributed by atoms with E-state index < -0.39 is 0 Å². The average Bonchev–Trinajstić information content (AvgIpc) is 2.46. The molecule has 0 aliphatic carbocycles. The number of rotatable bonds is 10. The quantitative estimate of drug-likeness (QED) is 0.639. The van der Waals surface area contributed by atoms with Crippen molar-refractivity contribution in [1.29, 1.82) is 0 Å². The summed E-state index contributed by atoms with van der Waals surface area (Å²) in [5.74, 6) is 1.70. The molecule has 0 aliphatic rings. The van der Waals surface area contributed by atoms with Gasteiger partial charge >= 0.3 is 0 Å². The van der Waals surface area contributed by atoms with Crippen LogP contribution in [0, 0.1) is 0 Å². The zero-order valence-corrected chi connectivity index (χ0v) is 12.3. The maximum absolute atomic E-state index is 11.4. The van der Waals surface area contributed by atoms with Gasteiger partial charge in [0.15, 0.2) is 0 Å². The second-order valence-corrected chi connectivity index (χ2v) is 4.31. The van der Waals surface area contributed by atoms with Crippen LogP contribution < -0.4 is 20.1 Å². The molecule has 0 unspecified atom stereocenters. The Hall–Kier alpha value is -1.75. The fourth-order valence-electron chi connectivity index (χ4n) is 1.64. The van der Waals surface area contributed by atoms with Gasteiger partial charge in [-0.25, -0.2) is 0 Å². The summed E-state index contributed by atoms with van der Waals surface area (Å²) in [7, 11) is 1.86. The molecule has 5 nitrogen and oxygen atoms in total. The average molecular weight is 280 g/mol. The van der Waals surface area contributed by atoms with Crippen LogP contribution in [0.5, 0.6) is 11.5 Å². The molecule has 2 N–H and O–H groups in total. The van der Waals surface area contributed by atoms with Crippen molar-refractivity contribution in [3.8, 4) is 11.5 Å². The minimum absolute atomic E-state index is 0.0653. The minimum atomic E-state index is 0.0653. The monoisotopic (exact) mass is 280 g/mol. The molecule has 0 fully saturated rings. The zero-order chi connectivity index (χ0) is 14.6. The second kappa shape index (κ2) is 10.1. The van der Waals surface area contributed by atoms with Crippen molar-refractivity contribution in [3.05, 3.63) is 24.3 Å². The predicted octanol–water partition coefficient (Wildman–Crippen LogP) is 1.58. The molecule has 0 spiro atoms. The van der Waals surface area contributed by atoms with Gasteiger partial charge in [-0.05, 0) is 44.7 Å². The molecular weight excluding hydrogens is 256 g/mol. The highest BCUT2D eigenvalue weighted by Crippen LogP contribution is 2.17. The van der Waals surface area contributed by atoms with Gasteiger partial charge < -0.3 is 20.1 Å². The first-order chi connectivity index (χ1) is 9.76. The van der Waals surface area contributed by atoms with Crippen molar-refractivity contribution in [2.75, 3.05) is 33.4 Å². The van der Waals surface area contributed by atoms with E-state index in [2.05, 4.69) is 10.6 Å². The molecule has 0 bridgehead atoms. The van der Waals surface area contributed by atoms with E-state index in [0.717, 1.165) is 18.0 Å². The molecule has 1 aromatic rings. The molecule has 0 aromatic heterocycles. The van der Waals surface area contributed by atoms with Gasteiger partial charge in [0.2, 0.25) is 5.91 Å². The SMILES string of the molecule is CCOc1ccc(OCCCC(=O)NCCNC)cc1. The minimum Gasteiger partial charge on any atom is -0.494 e. The third-order valence-corrected chi connectivity index (χ3v) is 2.65. The van der Waals surface area contributed by atoms with Crippen LogP contribution in [-0.2, 0) is 4.79 Å². The van der Waals surface area contributed by atoms with Crippen LogP contribution in [-0.4, -0.2) is 39.3 Å². The van der Waals surface area contributed by atoms with E-state index >= 15 is 0 Å². The number of hydrogen-bond donors (Lipinski definition) is 2. The molecule has 0 saturated heterocycles. The van der Waals surface area contributed by atoms with E-state index in [4.69, 9.17) is 9.47 Å². The molecule has 0 aliphatic heterocycles. The van der Waals surface area contributed by atoms with E-state index in [9.17, 15) is 4.79 Å². The van der Waals surface area contributed by atoms with Crippen molar-refractivity contribution in [2.24, 2.45) is 0 Å². The van der Waals surface area contributed by atoms with Gasteiger partial charge in [-0.15, -0.1) is 0 Å². The summed E-state index contributed by atoms with van der Waals surface area (Å²) in [4.78, 5) is 11.4. The Labute approximate surface area is 120 Å². The summed E-state index contributed by atoms with van der Waals surface area (Å²) in [5.41, 5.74) is 0. The maximum Gasteiger partial charge on any atom is 0.220 e. The number of ether oxygens (including phenoxy) is 2. The van der Waals surface area contributed by atoms with Crippen LogP contribution in [0.1, 0.15) is 19.8 Å². The van der Waals surface area contributed by atoms with E-state index in [1.807, 2.05) is 38.2 Å². The van der Waals surface area contributed by atoms with Gasteiger partial charge in [0.1, 0.15) is 11.5 Å². The van der Waals surface area contributed by atoms with Gasteiger partial charge in [-0.3, -0.25) is 4.79 Å². The third-order valence-electron chi connectivity index (χ3n) is 2.65. The Balaban J connectivity index is 2.12. The van der Waals surface area contributed by atoms with Crippen molar-refractivity contribution >= 4 is 5.91 Å². The smallest absolute Gasteiger partial charge is 0.220 e. The molecule has 1 amide bonds. The number of carbonyl (C=O) groups excluding carboxylic acids is 1. The lowest BCUT2D eigenvalue weighted by molar-refractivity contribution is -0.121. The molecule has 1 rings (SSSR count). The fraction of sp³-hybridized carbons (Fsp3) is 0.533. The van der Waals surface area contributed by atoms with Gasteiger partial charge in [0, 0.05) is 19.5 Å². The normalized spacial score (nSPS) is 10.1. The Morgan fingerprint density at radius 2 is 1.75 bits per heavy atom. The zero-order valence-electron chi connectivity index (χ0n) is 12.3. The highest BCUT2D eigenvalue weighted by atomic mass is 16.5. The Kier molecular flexibility index (Phi) is 8.22. The second-order valence-electron chi connectivity index (χ2n) is 4.31. The van der Waals surface area contributed by atoms with Crippen molar-refractivity contribution in [3.63, 3.8) is 0 Å². The van der Waals surface area contributed by atoms with E-state index in [1.54, 1.807) is 0 Å². The summed E-state index contributed by atoms with van der Waals surface area (Å²) in [6.45, 7) is 4.59.